The molecule has 0 unspecified atom stereocenters. The third-order valence-electron chi connectivity index (χ3n) is 2.18. The molecule has 0 saturated carbocycles. The van der Waals surface area contributed by atoms with Gasteiger partial charge in [0.05, 0.1) is 13.0 Å². The lowest BCUT2D eigenvalue weighted by Gasteiger charge is -1.94. The van der Waals surface area contributed by atoms with E-state index in [1.807, 2.05) is 0 Å². The van der Waals surface area contributed by atoms with Crippen LogP contribution in [-0.2, 0) is 22.4 Å². The molecule has 0 aliphatic heterocycles. The van der Waals surface area contributed by atoms with Crippen LogP contribution in [0, 0.1) is 0 Å². The van der Waals surface area contributed by atoms with E-state index in [1.165, 1.54) is 11.3 Å². The van der Waals surface area contributed by atoms with Crippen LogP contribution in [0.25, 0.3) is 4.96 Å². The number of fused-ring (bicyclic) bond motifs is 1. The van der Waals surface area contributed by atoms with Gasteiger partial charge in [-0.3, -0.25) is 4.79 Å². The molecule has 0 radical (unpaired) electrons. The van der Waals surface area contributed by atoms with Crippen LogP contribution < -0.4 is 0 Å². The number of aryl methyl sites for hydroxylation is 1. The van der Waals surface area contributed by atoms with Crippen LogP contribution in [0.4, 0.5) is 0 Å². The first-order chi connectivity index (χ1) is 8.20. The van der Waals surface area contributed by atoms with E-state index in [0.29, 0.717) is 24.4 Å². The van der Waals surface area contributed by atoms with E-state index in [4.69, 9.17) is 9.84 Å². The number of methoxy groups -OCH3 is 1. The summed E-state index contributed by atoms with van der Waals surface area (Å²) in [5.74, 6) is -0.0877. The SMILES string of the molecule is COCCc1nnc2sc(CCC(=O)O)nn12. The summed E-state index contributed by atoms with van der Waals surface area (Å²) in [7, 11) is 1.62. The Labute approximate surface area is 101 Å². The predicted octanol–water partition coefficient (Wildman–Crippen LogP) is 0.392. The Kier molecular flexibility index (Phi) is 3.64. The summed E-state index contributed by atoms with van der Waals surface area (Å²) in [6.45, 7) is 0.558. The van der Waals surface area contributed by atoms with Crippen molar-refractivity contribution >= 4 is 22.3 Å². The number of hydrogen-bond donors (Lipinski definition) is 1. The smallest absolute Gasteiger partial charge is 0.303 e. The molecule has 0 aliphatic rings. The van der Waals surface area contributed by atoms with Crippen LogP contribution >= 0.6 is 11.3 Å². The quantitative estimate of drug-likeness (QED) is 0.804. The summed E-state index contributed by atoms with van der Waals surface area (Å²) >= 11 is 1.37. The number of carbonyl (C=O) groups is 1. The molecule has 17 heavy (non-hydrogen) atoms. The molecule has 2 heterocycles. The molecular weight excluding hydrogens is 244 g/mol. The molecule has 0 fully saturated rings. The first kappa shape index (κ1) is 11.9. The fourth-order valence-corrected chi connectivity index (χ4v) is 2.21. The summed E-state index contributed by atoms with van der Waals surface area (Å²) in [5.41, 5.74) is 0. The zero-order chi connectivity index (χ0) is 12.3. The average Bonchev–Trinajstić information content (AvgIpc) is 2.83. The zero-order valence-corrected chi connectivity index (χ0v) is 10.1. The maximum Gasteiger partial charge on any atom is 0.303 e. The zero-order valence-electron chi connectivity index (χ0n) is 9.29. The second-order valence-electron chi connectivity index (χ2n) is 3.44. The normalized spacial score (nSPS) is 11.1. The molecule has 0 aliphatic carbocycles. The maximum absolute atomic E-state index is 10.5. The number of carboxylic acid groups (broad SMARTS) is 1. The number of rotatable bonds is 6. The summed E-state index contributed by atoms with van der Waals surface area (Å²) in [6, 6.07) is 0. The Balaban J connectivity index is 2.13. The van der Waals surface area contributed by atoms with E-state index in [0.717, 1.165) is 10.8 Å². The minimum absolute atomic E-state index is 0.0809. The Hall–Kier alpha value is -1.54. The summed E-state index contributed by atoms with van der Waals surface area (Å²) in [6.07, 6.45) is 1.14. The predicted molar refractivity (Wildman–Crippen MR) is 60.2 cm³/mol. The van der Waals surface area contributed by atoms with Gasteiger partial charge in [0.25, 0.3) is 0 Å². The molecule has 2 aromatic rings. The highest BCUT2D eigenvalue weighted by Gasteiger charge is 2.12. The second kappa shape index (κ2) is 5.19. The summed E-state index contributed by atoms with van der Waals surface area (Å²) in [4.78, 5) is 11.2. The Morgan fingerprint density at radius 2 is 2.29 bits per heavy atom. The largest absolute Gasteiger partial charge is 0.481 e. The third-order valence-corrected chi connectivity index (χ3v) is 3.14. The topological polar surface area (TPSA) is 89.6 Å². The van der Waals surface area contributed by atoms with Crippen molar-refractivity contribution in [3.8, 4) is 0 Å². The van der Waals surface area contributed by atoms with E-state index >= 15 is 0 Å². The molecule has 8 heteroatoms. The number of aromatic nitrogens is 4. The molecule has 0 atom stereocenters. The molecule has 0 amide bonds. The molecule has 0 aromatic carbocycles. The van der Waals surface area contributed by atoms with Gasteiger partial charge in [-0.2, -0.15) is 9.61 Å². The van der Waals surface area contributed by atoms with E-state index < -0.39 is 5.97 Å². The fraction of sp³-hybridized carbons (Fsp3) is 0.556. The third kappa shape index (κ3) is 2.77. The first-order valence-electron chi connectivity index (χ1n) is 5.11. The maximum atomic E-state index is 10.5. The molecular formula is C9H12N4O3S. The monoisotopic (exact) mass is 256 g/mol. The standard InChI is InChI=1S/C9H12N4O3S/c1-16-5-4-6-10-11-9-13(6)12-7(17-9)2-3-8(14)15/h2-5H2,1H3,(H,14,15). The Bertz CT molecular complexity index is 521. The van der Waals surface area contributed by atoms with Gasteiger partial charge in [0, 0.05) is 20.0 Å². The van der Waals surface area contributed by atoms with Gasteiger partial charge in [-0.25, -0.2) is 0 Å². The van der Waals surface area contributed by atoms with Crippen molar-refractivity contribution in [2.45, 2.75) is 19.3 Å². The lowest BCUT2D eigenvalue weighted by atomic mass is 10.3. The number of ether oxygens (including phenoxy) is 1. The van der Waals surface area contributed by atoms with Crippen LogP contribution in [0.5, 0.6) is 0 Å². The van der Waals surface area contributed by atoms with Crippen molar-refractivity contribution < 1.29 is 14.6 Å². The lowest BCUT2D eigenvalue weighted by Crippen LogP contribution is -2.02. The molecule has 2 aromatic heterocycles. The van der Waals surface area contributed by atoms with Crippen LogP contribution in [0.15, 0.2) is 0 Å². The van der Waals surface area contributed by atoms with Crippen molar-refractivity contribution in [2.75, 3.05) is 13.7 Å². The van der Waals surface area contributed by atoms with Crippen molar-refractivity contribution in [3.63, 3.8) is 0 Å². The highest BCUT2D eigenvalue weighted by Crippen LogP contribution is 2.15. The summed E-state index contributed by atoms with van der Waals surface area (Å²) < 4.78 is 6.62. The molecule has 0 saturated heterocycles. The van der Waals surface area contributed by atoms with Crippen molar-refractivity contribution in [1.29, 1.82) is 0 Å². The van der Waals surface area contributed by atoms with Gasteiger partial charge < -0.3 is 9.84 Å². The van der Waals surface area contributed by atoms with Gasteiger partial charge in [0.15, 0.2) is 5.82 Å². The van der Waals surface area contributed by atoms with Crippen molar-refractivity contribution in [2.24, 2.45) is 0 Å². The van der Waals surface area contributed by atoms with Crippen molar-refractivity contribution in [3.05, 3.63) is 10.8 Å². The highest BCUT2D eigenvalue weighted by atomic mass is 32.1. The van der Waals surface area contributed by atoms with Crippen LogP contribution in [-0.4, -0.2) is 44.6 Å². The summed E-state index contributed by atoms with van der Waals surface area (Å²) in [5, 5.41) is 21.6. The van der Waals surface area contributed by atoms with Gasteiger partial charge >= 0.3 is 5.97 Å². The first-order valence-corrected chi connectivity index (χ1v) is 5.93. The van der Waals surface area contributed by atoms with Crippen molar-refractivity contribution in [1.82, 2.24) is 19.8 Å². The molecule has 0 bridgehead atoms. The van der Waals surface area contributed by atoms with Crippen LogP contribution in [0.1, 0.15) is 17.3 Å². The van der Waals surface area contributed by atoms with Gasteiger partial charge in [-0.15, -0.1) is 10.2 Å². The van der Waals surface area contributed by atoms with Crippen LogP contribution in [0.2, 0.25) is 0 Å². The van der Waals surface area contributed by atoms with Gasteiger partial charge in [-0.05, 0) is 0 Å². The number of hydrogen-bond acceptors (Lipinski definition) is 6. The Morgan fingerprint density at radius 1 is 1.47 bits per heavy atom. The number of nitrogens with zero attached hydrogens (tertiary/aromatic N) is 4. The van der Waals surface area contributed by atoms with E-state index in [-0.39, 0.29) is 6.42 Å². The number of carboxylic acids is 1. The van der Waals surface area contributed by atoms with E-state index in [9.17, 15) is 4.79 Å². The second-order valence-corrected chi connectivity index (χ2v) is 4.48. The van der Waals surface area contributed by atoms with Crippen LogP contribution in [0.3, 0.4) is 0 Å². The van der Waals surface area contributed by atoms with Gasteiger partial charge in [-0.1, -0.05) is 11.3 Å². The van der Waals surface area contributed by atoms with Gasteiger partial charge in [0.1, 0.15) is 5.01 Å². The fourth-order valence-electron chi connectivity index (χ4n) is 1.36. The van der Waals surface area contributed by atoms with E-state index in [2.05, 4.69) is 15.3 Å². The Morgan fingerprint density at radius 3 is 3.00 bits per heavy atom. The molecule has 2 rings (SSSR count). The molecule has 7 nitrogen and oxygen atoms in total. The minimum Gasteiger partial charge on any atom is -0.481 e. The molecule has 1 N–H and O–H groups in total. The highest BCUT2D eigenvalue weighted by molar-refractivity contribution is 7.16. The molecule has 92 valence electrons. The molecule has 0 spiro atoms. The lowest BCUT2D eigenvalue weighted by molar-refractivity contribution is -0.136. The minimum atomic E-state index is -0.824. The van der Waals surface area contributed by atoms with Gasteiger partial charge in [0.2, 0.25) is 4.96 Å². The average molecular weight is 256 g/mol. The van der Waals surface area contributed by atoms with E-state index in [1.54, 1.807) is 11.6 Å². The number of aliphatic carboxylic acids is 1.